The van der Waals surface area contributed by atoms with Crippen LogP contribution in [0.25, 0.3) is 0 Å². The number of rotatable bonds is 3. The van der Waals surface area contributed by atoms with Crippen molar-refractivity contribution >= 4 is 5.91 Å². The average Bonchev–Trinajstić information content (AvgIpc) is 2.95. The monoisotopic (exact) mass is 283 g/mol. The molecular formula is C17H21N3O. The van der Waals surface area contributed by atoms with E-state index in [0.717, 1.165) is 38.0 Å². The zero-order chi connectivity index (χ0) is 14.7. The normalized spacial score (nSPS) is 16.1. The number of carbonyl (C=O) groups is 1. The molecule has 1 amide bonds. The van der Waals surface area contributed by atoms with Gasteiger partial charge in [0.2, 0.25) is 0 Å². The quantitative estimate of drug-likeness (QED) is 0.941. The zero-order valence-electron chi connectivity index (χ0n) is 12.4. The maximum Gasteiger partial charge on any atom is 0.274 e. The van der Waals surface area contributed by atoms with Crippen molar-refractivity contribution in [3.8, 4) is 0 Å². The van der Waals surface area contributed by atoms with E-state index >= 15 is 0 Å². The first-order chi connectivity index (χ1) is 10.2. The number of carbonyl (C=O) groups excluding carboxylic acids is 1. The van der Waals surface area contributed by atoms with Crippen LogP contribution in [0, 0.1) is 12.8 Å². The SMILES string of the molecule is Cc1cc(C(=O)N2CCC(Cc3ccccc3)CC2)n[nH]1. The van der Waals surface area contributed by atoms with Crippen LogP contribution < -0.4 is 0 Å². The second-order valence-corrected chi connectivity index (χ2v) is 5.86. The molecule has 0 radical (unpaired) electrons. The van der Waals surface area contributed by atoms with Gasteiger partial charge in [-0.15, -0.1) is 0 Å². The van der Waals surface area contributed by atoms with Crippen LogP contribution >= 0.6 is 0 Å². The molecule has 1 aliphatic rings. The van der Waals surface area contributed by atoms with E-state index in [4.69, 9.17) is 0 Å². The molecule has 1 aromatic heterocycles. The van der Waals surface area contributed by atoms with E-state index in [9.17, 15) is 4.79 Å². The molecule has 1 fully saturated rings. The van der Waals surface area contributed by atoms with Crippen molar-refractivity contribution in [2.45, 2.75) is 26.2 Å². The van der Waals surface area contributed by atoms with Crippen molar-refractivity contribution in [3.63, 3.8) is 0 Å². The summed E-state index contributed by atoms with van der Waals surface area (Å²) in [5, 5.41) is 6.89. The van der Waals surface area contributed by atoms with Crippen molar-refractivity contribution in [2.75, 3.05) is 13.1 Å². The van der Waals surface area contributed by atoms with Gasteiger partial charge in [-0.25, -0.2) is 0 Å². The van der Waals surface area contributed by atoms with Crippen molar-refractivity contribution in [2.24, 2.45) is 5.92 Å². The Morgan fingerprint density at radius 1 is 1.29 bits per heavy atom. The standard InChI is InChI=1S/C17H21N3O/c1-13-11-16(19-18-13)17(21)20-9-7-15(8-10-20)12-14-5-3-2-4-6-14/h2-6,11,15H,7-10,12H2,1H3,(H,18,19). The van der Waals surface area contributed by atoms with Gasteiger partial charge in [0.25, 0.3) is 5.91 Å². The highest BCUT2D eigenvalue weighted by molar-refractivity contribution is 5.92. The molecule has 0 unspecified atom stereocenters. The van der Waals surface area contributed by atoms with Crippen molar-refractivity contribution in [3.05, 3.63) is 53.3 Å². The largest absolute Gasteiger partial charge is 0.337 e. The summed E-state index contributed by atoms with van der Waals surface area (Å²) >= 11 is 0. The molecule has 0 atom stereocenters. The second-order valence-electron chi connectivity index (χ2n) is 5.86. The van der Waals surface area contributed by atoms with Crippen molar-refractivity contribution in [1.29, 1.82) is 0 Å². The Morgan fingerprint density at radius 3 is 2.62 bits per heavy atom. The molecule has 0 aliphatic carbocycles. The van der Waals surface area contributed by atoms with E-state index in [0.29, 0.717) is 11.6 Å². The predicted molar refractivity (Wildman–Crippen MR) is 82.1 cm³/mol. The van der Waals surface area contributed by atoms with E-state index in [1.54, 1.807) is 0 Å². The first-order valence-corrected chi connectivity index (χ1v) is 7.57. The van der Waals surface area contributed by atoms with Gasteiger partial charge in [0.1, 0.15) is 5.69 Å². The third kappa shape index (κ3) is 3.32. The third-order valence-corrected chi connectivity index (χ3v) is 4.19. The number of hydrogen-bond donors (Lipinski definition) is 1. The molecule has 1 aliphatic heterocycles. The number of hydrogen-bond acceptors (Lipinski definition) is 2. The number of aromatic amines is 1. The number of benzene rings is 1. The minimum Gasteiger partial charge on any atom is -0.337 e. The van der Waals surface area contributed by atoms with Gasteiger partial charge in [-0.3, -0.25) is 9.89 Å². The van der Waals surface area contributed by atoms with E-state index in [2.05, 4.69) is 40.5 Å². The fourth-order valence-corrected chi connectivity index (χ4v) is 2.98. The first kappa shape index (κ1) is 13.9. The lowest BCUT2D eigenvalue weighted by Gasteiger charge is -2.31. The third-order valence-electron chi connectivity index (χ3n) is 4.19. The lowest BCUT2D eigenvalue weighted by molar-refractivity contribution is 0.0684. The Bertz CT molecular complexity index is 598. The molecule has 4 nitrogen and oxygen atoms in total. The summed E-state index contributed by atoms with van der Waals surface area (Å²) in [6.45, 7) is 3.58. The number of amides is 1. The summed E-state index contributed by atoms with van der Waals surface area (Å²) in [5.41, 5.74) is 2.86. The maximum absolute atomic E-state index is 12.3. The van der Waals surface area contributed by atoms with Gasteiger partial charge in [0.05, 0.1) is 0 Å². The Morgan fingerprint density at radius 2 is 2.00 bits per heavy atom. The molecule has 1 aromatic carbocycles. The molecule has 110 valence electrons. The lowest BCUT2D eigenvalue weighted by atomic mass is 9.90. The van der Waals surface area contributed by atoms with Gasteiger partial charge in [0.15, 0.2) is 0 Å². The topological polar surface area (TPSA) is 49.0 Å². The molecule has 1 saturated heterocycles. The number of likely N-dealkylation sites (tertiary alicyclic amines) is 1. The van der Waals surface area contributed by atoms with Crippen LogP contribution in [0.15, 0.2) is 36.4 Å². The van der Waals surface area contributed by atoms with E-state index in [-0.39, 0.29) is 5.91 Å². The molecule has 0 saturated carbocycles. The second kappa shape index (κ2) is 6.12. The molecule has 2 heterocycles. The summed E-state index contributed by atoms with van der Waals surface area (Å²) in [6.07, 6.45) is 3.26. The Labute approximate surface area is 125 Å². The van der Waals surface area contributed by atoms with Crippen molar-refractivity contribution < 1.29 is 4.79 Å². The number of nitrogens with zero attached hydrogens (tertiary/aromatic N) is 2. The summed E-state index contributed by atoms with van der Waals surface area (Å²) in [7, 11) is 0. The van der Waals surface area contributed by atoms with Crippen LogP contribution in [-0.2, 0) is 6.42 Å². The Kier molecular flexibility index (Phi) is 4.04. The highest BCUT2D eigenvalue weighted by Crippen LogP contribution is 2.22. The summed E-state index contributed by atoms with van der Waals surface area (Å²) in [4.78, 5) is 14.2. The number of H-pyrrole nitrogens is 1. The van der Waals surface area contributed by atoms with Gasteiger partial charge in [0, 0.05) is 18.8 Å². The number of aromatic nitrogens is 2. The zero-order valence-corrected chi connectivity index (χ0v) is 12.4. The van der Waals surface area contributed by atoms with Crippen LogP contribution in [-0.4, -0.2) is 34.1 Å². The summed E-state index contributed by atoms with van der Waals surface area (Å²) < 4.78 is 0. The average molecular weight is 283 g/mol. The molecule has 21 heavy (non-hydrogen) atoms. The Balaban J connectivity index is 1.54. The molecule has 0 bridgehead atoms. The van der Waals surface area contributed by atoms with Gasteiger partial charge < -0.3 is 4.90 Å². The van der Waals surface area contributed by atoms with Crippen LogP contribution in [0.3, 0.4) is 0 Å². The van der Waals surface area contributed by atoms with Crippen molar-refractivity contribution in [1.82, 2.24) is 15.1 Å². The fraction of sp³-hybridized carbons (Fsp3) is 0.412. The molecule has 4 heteroatoms. The fourth-order valence-electron chi connectivity index (χ4n) is 2.98. The predicted octanol–water partition coefficient (Wildman–Crippen LogP) is 2.81. The summed E-state index contributed by atoms with van der Waals surface area (Å²) in [5.74, 6) is 0.731. The molecule has 2 aromatic rings. The van der Waals surface area contributed by atoms with Gasteiger partial charge >= 0.3 is 0 Å². The lowest BCUT2D eigenvalue weighted by Crippen LogP contribution is -2.39. The highest BCUT2D eigenvalue weighted by atomic mass is 16.2. The number of aryl methyl sites for hydroxylation is 1. The first-order valence-electron chi connectivity index (χ1n) is 7.57. The van der Waals surface area contributed by atoms with E-state index in [1.165, 1.54) is 5.56 Å². The smallest absolute Gasteiger partial charge is 0.274 e. The molecular weight excluding hydrogens is 262 g/mol. The van der Waals surface area contributed by atoms with Gasteiger partial charge in [-0.05, 0) is 43.7 Å². The minimum atomic E-state index is 0.0533. The summed E-state index contributed by atoms with van der Waals surface area (Å²) in [6, 6.07) is 12.4. The number of piperidine rings is 1. The Hall–Kier alpha value is -2.10. The minimum absolute atomic E-state index is 0.0533. The van der Waals surface area contributed by atoms with E-state index in [1.807, 2.05) is 17.9 Å². The van der Waals surface area contributed by atoms with Crippen LogP contribution in [0.1, 0.15) is 34.6 Å². The highest BCUT2D eigenvalue weighted by Gasteiger charge is 2.24. The van der Waals surface area contributed by atoms with Gasteiger partial charge in [-0.1, -0.05) is 30.3 Å². The molecule has 1 N–H and O–H groups in total. The number of nitrogens with one attached hydrogen (secondary N) is 1. The maximum atomic E-state index is 12.3. The van der Waals surface area contributed by atoms with Crippen LogP contribution in [0.5, 0.6) is 0 Å². The van der Waals surface area contributed by atoms with Crippen LogP contribution in [0.4, 0.5) is 0 Å². The van der Waals surface area contributed by atoms with Gasteiger partial charge in [-0.2, -0.15) is 5.10 Å². The molecule has 0 spiro atoms. The van der Waals surface area contributed by atoms with E-state index < -0.39 is 0 Å². The van der Waals surface area contributed by atoms with Crippen LogP contribution in [0.2, 0.25) is 0 Å². The molecule has 3 rings (SSSR count).